The van der Waals surface area contributed by atoms with Gasteiger partial charge in [-0.15, -0.1) is 5.10 Å². The zero-order valence-corrected chi connectivity index (χ0v) is 8.82. The first kappa shape index (κ1) is 9.61. The summed E-state index contributed by atoms with van der Waals surface area (Å²) >= 11 is 0. The number of hydrogen-bond acceptors (Lipinski definition) is 4. The van der Waals surface area contributed by atoms with Crippen LogP contribution in [-0.2, 0) is 13.6 Å². The van der Waals surface area contributed by atoms with Crippen molar-refractivity contribution in [2.45, 2.75) is 13.5 Å². The van der Waals surface area contributed by atoms with Crippen LogP contribution < -0.4 is 5.32 Å². The summed E-state index contributed by atoms with van der Waals surface area (Å²) in [5, 5.41) is 11.5. The van der Waals surface area contributed by atoms with Crippen LogP contribution in [0.2, 0.25) is 0 Å². The lowest BCUT2D eigenvalue weighted by Gasteiger charge is -2.26. The fraction of sp³-hybridized carbons (Fsp3) is 0.778. The van der Waals surface area contributed by atoms with E-state index in [4.69, 9.17) is 0 Å². The van der Waals surface area contributed by atoms with Crippen LogP contribution in [-0.4, -0.2) is 46.1 Å². The van der Waals surface area contributed by atoms with Crippen molar-refractivity contribution >= 4 is 0 Å². The van der Waals surface area contributed by atoms with Gasteiger partial charge in [0.25, 0.3) is 0 Å². The molecule has 1 aromatic rings. The van der Waals surface area contributed by atoms with Crippen molar-refractivity contribution in [3.05, 3.63) is 11.4 Å². The highest BCUT2D eigenvalue weighted by atomic mass is 15.4. The van der Waals surface area contributed by atoms with Crippen molar-refractivity contribution in [3.8, 4) is 0 Å². The number of piperazine rings is 1. The standard InChI is InChI=1S/C9H17N5/c1-8-9(11-12-13(8)2)7-14-5-3-10-4-6-14/h10H,3-7H2,1-2H3. The smallest absolute Gasteiger partial charge is 0.0996 e. The van der Waals surface area contributed by atoms with E-state index in [9.17, 15) is 0 Å². The molecule has 0 bridgehead atoms. The monoisotopic (exact) mass is 195 g/mol. The normalized spacial score (nSPS) is 18.7. The minimum absolute atomic E-state index is 0.932. The van der Waals surface area contributed by atoms with Gasteiger partial charge in [-0.1, -0.05) is 5.21 Å². The fourth-order valence-electron chi connectivity index (χ4n) is 1.67. The molecule has 1 aliphatic heterocycles. The lowest BCUT2D eigenvalue weighted by Crippen LogP contribution is -2.43. The van der Waals surface area contributed by atoms with Crippen LogP contribution in [0.3, 0.4) is 0 Å². The van der Waals surface area contributed by atoms with Crippen LogP contribution in [0.25, 0.3) is 0 Å². The summed E-state index contributed by atoms with van der Waals surface area (Å²) in [6, 6.07) is 0. The van der Waals surface area contributed by atoms with Crippen LogP contribution in [0.4, 0.5) is 0 Å². The summed E-state index contributed by atoms with van der Waals surface area (Å²) in [6.07, 6.45) is 0. The lowest BCUT2D eigenvalue weighted by molar-refractivity contribution is 0.230. The van der Waals surface area contributed by atoms with Gasteiger partial charge in [0, 0.05) is 39.8 Å². The van der Waals surface area contributed by atoms with E-state index in [1.807, 2.05) is 11.7 Å². The number of nitrogens with one attached hydrogen (secondary N) is 1. The fourth-order valence-corrected chi connectivity index (χ4v) is 1.67. The van der Waals surface area contributed by atoms with Gasteiger partial charge in [0.15, 0.2) is 0 Å². The van der Waals surface area contributed by atoms with E-state index in [1.54, 1.807) is 0 Å². The highest BCUT2D eigenvalue weighted by molar-refractivity contribution is 5.07. The molecule has 2 rings (SSSR count). The molecule has 0 atom stereocenters. The predicted octanol–water partition coefficient (Wildman–Crippen LogP) is -0.471. The van der Waals surface area contributed by atoms with Crippen LogP contribution in [0, 0.1) is 6.92 Å². The van der Waals surface area contributed by atoms with E-state index in [0.29, 0.717) is 0 Å². The zero-order chi connectivity index (χ0) is 9.97. The van der Waals surface area contributed by atoms with E-state index < -0.39 is 0 Å². The molecule has 1 aliphatic rings. The Hall–Kier alpha value is -0.940. The van der Waals surface area contributed by atoms with E-state index >= 15 is 0 Å². The first-order valence-corrected chi connectivity index (χ1v) is 5.05. The summed E-state index contributed by atoms with van der Waals surface area (Å²) in [5.74, 6) is 0. The van der Waals surface area contributed by atoms with Crippen LogP contribution in [0.1, 0.15) is 11.4 Å². The minimum Gasteiger partial charge on any atom is -0.314 e. The van der Waals surface area contributed by atoms with E-state index in [2.05, 4.69) is 27.5 Å². The SMILES string of the molecule is Cc1c(CN2CCNCC2)nnn1C. The average Bonchev–Trinajstić information content (AvgIpc) is 2.52. The summed E-state index contributed by atoms with van der Waals surface area (Å²) < 4.78 is 1.83. The first-order valence-electron chi connectivity index (χ1n) is 5.05. The van der Waals surface area contributed by atoms with Crippen LogP contribution in [0.15, 0.2) is 0 Å². The Morgan fingerprint density at radius 3 is 2.64 bits per heavy atom. The Bertz CT molecular complexity index is 300. The van der Waals surface area contributed by atoms with E-state index in [-0.39, 0.29) is 0 Å². The molecule has 5 nitrogen and oxygen atoms in total. The second kappa shape index (κ2) is 4.06. The molecular weight excluding hydrogens is 178 g/mol. The second-order valence-electron chi connectivity index (χ2n) is 3.77. The van der Waals surface area contributed by atoms with Gasteiger partial charge in [-0.2, -0.15) is 0 Å². The molecule has 0 aliphatic carbocycles. The molecule has 0 saturated carbocycles. The van der Waals surface area contributed by atoms with Gasteiger partial charge < -0.3 is 5.32 Å². The van der Waals surface area contributed by atoms with Crippen LogP contribution >= 0.6 is 0 Å². The molecule has 1 aromatic heterocycles. The van der Waals surface area contributed by atoms with Gasteiger partial charge in [0.1, 0.15) is 0 Å². The summed E-state index contributed by atoms with van der Waals surface area (Å²) in [5.41, 5.74) is 2.28. The van der Waals surface area contributed by atoms with Gasteiger partial charge >= 0.3 is 0 Å². The van der Waals surface area contributed by atoms with Gasteiger partial charge in [0.2, 0.25) is 0 Å². The predicted molar refractivity (Wildman–Crippen MR) is 53.9 cm³/mol. The number of aryl methyl sites for hydroxylation is 1. The molecule has 0 radical (unpaired) electrons. The van der Waals surface area contributed by atoms with Gasteiger partial charge in [-0.25, -0.2) is 0 Å². The second-order valence-corrected chi connectivity index (χ2v) is 3.77. The molecule has 0 spiro atoms. The molecule has 0 aromatic carbocycles. The molecule has 0 unspecified atom stereocenters. The first-order chi connectivity index (χ1) is 6.77. The zero-order valence-electron chi connectivity index (χ0n) is 8.82. The third-order valence-corrected chi connectivity index (χ3v) is 2.79. The maximum Gasteiger partial charge on any atom is 0.0996 e. The Kier molecular flexibility index (Phi) is 2.79. The number of nitrogens with zero attached hydrogens (tertiary/aromatic N) is 4. The van der Waals surface area contributed by atoms with Crippen molar-refractivity contribution in [2.24, 2.45) is 7.05 Å². The Morgan fingerprint density at radius 2 is 2.07 bits per heavy atom. The number of rotatable bonds is 2. The molecular formula is C9H17N5. The molecule has 5 heteroatoms. The number of hydrogen-bond donors (Lipinski definition) is 1. The van der Waals surface area contributed by atoms with Gasteiger partial charge in [0.05, 0.1) is 11.4 Å². The Labute approximate surface area is 84.1 Å². The molecule has 14 heavy (non-hydrogen) atoms. The van der Waals surface area contributed by atoms with E-state index in [1.165, 1.54) is 5.69 Å². The average molecular weight is 195 g/mol. The Balaban J connectivity index is 1.99. The maximum atomic E-state index is 4.16. The van der Waals surface area contributed by atoms with Gasteiger partial charge in [-0.05, 0) is 6.92 Å². The molecule has 78 valence electrons. The summed E-state index contributed by atoms with van der Waals surface area (Å²) in [6.45, 7) is 7.38. The molecule has 0 amide bonds. The highest BCUT2D eigenvalue weighted by Gasteiger charge is 2.13. The molecule has 1 N–H and O–H groups in total. The quantitative estimate of drug-likeness (QED) is 0.693. The van der Waals surface area contributed by atoms with Crippen molar-refractivity contribution in [1.29, 1.82) is 0 Å². The topological polar surface area (TPSA) is 46.0 Å². The lowest BCUT2D eigenvalue weighted by atomic mass is 10.3. The van der Waals surface area contributed by atoms with E-state index in [0.717, 1.165) is 38.4 Å². The summed E-state index contributed by atoms with van der Waals surface area (Å²) in [4.78, 5) is 2.41. The molecule has 1 fully saturated rings. The molecule has 2 heterocycles. The third kappa shape index (κ3) is 1.93. The molecule has 1 saturated heterocycles. The Morgan fingerprint density at radius 1 is 1.36 bits per heavy atom. The minimum atomic E-state index is 0.932. The van der Waals surface area contributed by atoms with Crippen molar-refractivity contribution < 1.29 is 0 Å². The van der Waals surface area contributed by atoms with Crippen molar-refractivity contribution in [1.82, 2.24) is 25.2 Å². The maximum absolute atomic E-state index is 4.16. The van der Waals surface area contributed by atoms with Crippen molar-refractivity contribution in [3.63, 3.8) is 0 Å². The third-order valence-electron chi connectivity index (χ3n) is 2.79. The number of aromatic nitrogens is 3. The van der Waals surface area contributed by atoms with Gasteiger partial charge in [-0.3, -0.25) is 9.58 Å². The van der Waals surface area contributed by atoms with Crippen LogP contribution in [0.5, 0.6) is 0 Å². The highest BCUT2D eigenvalue weighted by Crippen LogP contribution is 2.06. The summed E-state index contributed by atoms with van der Waals surface area (Å²) in [7, 11) is 1.93. The largest absolute Gasteiger partial charge is 0.314 e. The van der Waals surface area contributed by atoms with Crippen molar-refractivity contribution in [2.75, 3.05) is 26.2 Å².